The van der Waals surface area contributed by atoms with Crippen molar-refractivity contribution in [2.45, 2.75) is 32.2 Å². The van der Waals surface area contributed by atoms with E-state index >= 15 is 0 Å². The van der Waals surface area contributed by atoms with E-state index in [2.05, 4.69) is 5.32 Å². The number of carboxylic acids is 1. The number of aliphatic carboxylic acids is 1. The lowest BCUT2D eigenvalue weighted by molar-refractivity contribution is -0.141. The van der Waals surface area contributed by atoms with E-state index in [1.54, 1.807) is 25.1 Å². The first-order valence-electron chi connectivity index (χ1n) is 8.48. The number of carbonyl (C=O) groups is 2. The quantitative estimate of drug-likeness (QED) is 0.630. The van der Waals surface area contributed by atoms with E-state index in [4.69, 9.17) is 9.15 Å². The molecule has 0 bridgehead atoms. The van der Waals surface area contributed by atoms with Crippen molar-refractivity contribution in [3.63, 3.8) is 0 Å². The summed E-state index contributed by atoms with van der Waals surface area (Å²) in [6.45, 7) is 1.80. The van der Waals surface area contributed by atoms with Crippen molar-refractivity contribution in [2.75, 3.05) is 19.1 Å². The number of benzene rings is 1. The lowest BCUT2D eigenvalue weighted by Gasteiger charge is -2.14. The molecule has 0 unspecified atom stereocenters. The van der Waals surface area contributed by atoms with Crippen LogP contribution < -0.4 is 15.7 Å². The van der Waals surface area contributed by atoms with Gasteiger partial charge in [-0.05, 0) is 49.5 Å². The Hall–Kier alpha value is -2.48. The molecule has 0 saturated heterocycles. The summed E-state index contributed by atoms with van der Waals surface area (Å²) >= 11 is 1.51. The molecule has 7 nitrogen and oxygen atoms in total. The fraction of sp³-hybridized carbons (Fsp3) is 0.421. The number of aryl methyl sites for hydroxylation is 1. The van der Waals surface area contributed by atoms with Gasteiger partial charge in [-0.1, -0.05) is 0 Å². The van der Waals surface area contributed by atoms with Gasteiger partial charge in [-0.2, -0.15) is 11.8 Å². The maximum atomic E-state index is 12.3. The van der Waals surface area contributed by atoms with Crippen molar-refractivity contribution in [3.05, 3.63) is 39.7 Å². The summed E-state index contributed by atoms with van der Waals surface area (Å²) in [5.41, 5.74) is 1.08. The van der Waals surface area contributed by atoms with E-state index in [1.165, 1.54) is 18.9 Å². The third-order valence-electron chi connectivity index (χ3n) is 4.34. The van der Waals surface area contributed by atoms with Crippen molar-refractivity contribution in [1.82, 2.24) is 5.32 Å². The summed E-state index contributed by atoms with van der Waals surface area (Å²) in [4.78, 5) is 35.7. The first kappa shape index (κ1) is 20.8. The normalized spacial score (nSPS) is 12.0. The maximum absolute atomic E-state index is 12.3. The second-order valence-corrected chi connectivity index (χ2v) is 7.08. The zero-order valence-corrected chi connectivity index (χ0v) is 16.4. The first-order chi connectivity index (χ1) is 12.9. The predicted octanol–water partition coefficient (Wildman–Crippen LogP) is 2.37. The van der Waals surface area contributed by atoms with E-state index in [0.717, 1.165) is 10.9 Å². The van der Waals surface area contributed by atoms with Crippen LogP contribution >= 0.6 is 11.8 Å². The Bertz CT molecular complexity index is 892. The van der Waals surface area contributed by atoms with Gasteiger partial charge in [0, 0.05) is 23.4 Å². The van der Waals surface area contributed by atoms with E-state index in [-0.39, 0.29) is 12.8 Å². The van der Waals surface area contributed by atoms with E-state index in [0.29, 0.717) is 29.1 Å². The zero-order chi connectivity index (χ0) is 20.0. The number of methoxy groups -OCH3 is 1. The number of hydrogen-bond acceptors (Lipinski definition) is 6. The molecule has 1 heterocycles. The van der Waals surface area contributed by atoms with Crippen molar-refractivity contribution >= 4 is 34.6 Å². The minimum Gasteiger partial charge on any atom is -0.497 e. The van der Waals surface area contributed by atoms with Gasteiger partial charge in [0.25, 0.3) is 0 Å². The molecular weight excluding hydrogens is 370 g/mol. The number of fused-ring (bicyclic) bond motifs is 1. The molecule has 146 valence electrons. The van der Waals surface area contributed by atoms with Gasteiger partial charge in [0.1, 0.15) is 17.4 Å². The molecule has 0 aliphatic rings. The molecule has 0 fully saturated rings. The summed E-state index contributed by atoms with van der Waals surface area (Å²) in [6, 6.07) is 4.30. The van der Waals surface area contributed by atoms with Crippen molar-refractivity contribution < 1.29 is 23.8 Å². The van der Waals surface area contributed by atoms with Crippen LogP contribution in [0.15, 0.2) is 27.4 Å². The van der Waals surface area contributed by atoms with Gasteiger partial charge in [0.15, 0.2) is 0 Å². The lowest BCUT2D eigenvalue weighted by atomic mass is 10.0. The molecule has 2 aromatic rings. The Morgan fingerprint density at radius 3 is 2.74 bits per heavy atom. The van der Waals surface area contributed by atoms with Crippen LogP contribution in [-0.4, -0.2) is 42.1 Å². The van der Waals surface area contributed by atoms with Gasteiger partial charge in [-0.25, -0.2) is 9.59 Å². The Kier molecular flexibility index (Phi) is 7.29. The summed E-state index contributed by atoms with van der Waals surface area (Å²) in [5.74, 6) is -0.249. The molecule has 0 saturated carbocycles. The molecular formula is C19H23NO6S. The number of nitrogens with one attached hydrogen (secondary N) is 1. The molecule has 1 amide bonds. The Morgan fingerprint density at radius 1 is 1.37 bits per heavy atom. The summed E-state index contributed by atoms with van der Waals surface area (Å²) in [7, 11) is 1.53. The van der Waals surface area contributed by atoms with Crippen LogP contribution in [0.4, 0.5) is 0 Å². The second kappa shape index (κ2) is 9.45. The van der Waals surface area contributed by atoms with Crippen LogP contribution in [0, 0.1) is 6.92 Å². The molecule has 0 aliphatic heterocycles. The molecule has 0 spiro atoms. The minimum atomic E-state index is -1.06. The molecule has 2 rings (SSSR count). The fourth-order valence-corrected chi connectivity index (χ4v) is 3.26. The first-order valence-corrected chi connectivity index (χ1v) is 9.88. The molecule has 0 aliphatic carbocycles. The smallest absolute Gasteiger partial charge is 0.339 e. The summed E-state index contributed by atoms with van der Waals surface area (Å²) in [6.07, 6.45) is 2.41. The number of rotatable bonds is 9. The van der Waals surface area contributed by atoms with Gasteiger partial charge in [0.2, 0.25) is 5.91 Å². The molecule has 2 N–H and O–H groups in total. The Labute approximate surface area is 161 Å². The van der Waals surface area contributed by atoms with E-state index < -0.39 is 23.5 Å². The van der Waals surface area contributed by atoms with Crippen LogP contribution in [-0.2, 0) is 16.0 Å². The maximum Gasteiger partial charge on any atom is 0.339 e. The van der Waals surface area contributed by atoms with Gasteiger partial charge < -0.3 is 19.6 Å². The molecule has 1 aromatic carbocycles. The van der Waals surface area contributed by atoms with Crippen molar-refractivity contribution in [1.29, 1.82) is 0 Å². The summed E-state index contributed by atoms with van der Waals surface area (Å²) in [5, 5.41) is 12.5. The van der Waals surface area contributed by atoms with Crippen molar-refractivity contribution in [3.8, 4) is 5.75 Å². The van der Waals surface area contributed by atoms with Gasteiger partial charge in [-0.3, -0.25) is 4.79 Å². The highest BCUT2D eigenvalue weighted by atomic mass is 32.2. The highest BCUT2D eigenvalue weighted by Crippen LogP contribution is 2.24. The number of carbonyl (C=O) groups excluding carboxylic acids is 1. The Balaban J connectivity index is 2.13. The highest BCUT2D eigenvalue weighted by molar-refractivity contribution is 7.98. The van der Waals surface area contributed by atoms with Crippen LogP contribution in [0.2, 0.25) is 0 Å². The lowest BCUT2D eigenvalue weighted by Crippen LogP contribution is -2.41. The highest BCUT2D eigenvalue weighted by Gasteiger charge is 2.20. The summed E-state index contributed by atoms with van der Waals surface area (Å²) < 4.78 is 10.5. The minimum absolute atomic E-state index is 0.0102. The fourth-order valence-electron chi connectivity index (χ4n) is 2.79. The van der Waals surface area contributed by atoms with Gasteiger partial charge in [0.05, 0.1) is 7.11 Å². The topological polar surface area (TPSA) is 106 Å². The zero-order valence-electron chi connectivity index (χ0n) is 15.5. The third kappa shape index (κ3) is 5.26. The molecule has 8 heteroatoms. The number of hydrogen-bond donors (Lipinski definition) is 2. The Morgan fingerprint density at radius 2 is 2.11 bits per heavy atom. The predicted molar refractivity (Wildman–Crippen MR) is 105 cm³/mol. The SMILES string of the molecule is COc1ccc2c(C)c(CCC(=O)N[C@H](CCSC)C(=O)O)c(=O)oc2c1. The second-order valence-electron chi connectivity index (χ2n) is 6.09. The molecule has 1 atom stereocenters. The standard InChI is InChI=1S/C19H23NO6S/c1-11-13-5-4-12(25-2)10-16(13)26-19(24)14(11)6-7-17(21)20-15(18(22)23)8-9-27-3/h4-5,10,15H,6-9H2,1-3H3,(H,20,21)(H,22,23)/t15-/m1/s1. The monoisotopic (exact) mass is 393 g/mol. The molecule has 0 radical (unpaired) electrons. The third-order valence-corrected chi connectivity index (χ3v) is 4.98. The van der Waals surface area contributed by atoms with Crippen molar-refractivity contribution in [2.24, 2.45) is 0 Å². The van der Waals surface area contributed by atoms with Gasteiger partial charge >= 0.3 is 11.6 Å². The molecule has 27 heavy (non-hydrogen) atoms. The largest absolute Gasteiger partial charge is 0.497 e. The molecule has 1 aromatic heterocycles. The average Bonchev–Trinajstić information content (AvgIpc) is 2.64. The van der Waals surface area contributed by atoms with Crippen LogP contribution in [0.5, 0.6) is 5.75 Å². The van der Waals surface area contributed by atoms with Crippen LogP contribution in [0.25, 0.3) is 11.0 Å². The van der Waals surface area contributed by atoms with Crippen LogP contribution in [0.1, 0.15) is 24.0 Å². The number of amides is 1. The number of thioether (sulfide) groups is 1. The number of ether oxygens (including phenoxy) is 1. The van der Waals surface area contributed by atoms with Gasteiger partial charge in [-0.15, -0.1) is 0 Å². The van der Waals surface area contributed by atoms with Crippen LogP contribution in [0.3, 0.4) is 0 Å². The average molecular weight is 393 g/mol. The van der Waals surface area contributed by atoms with E-state index in [9.17, 15) is 19.5 Å². The van der Waals surface area contributed by atoms with E-state index in [1.807, 2.05) is 6.26 Å². The number of carboxylic acid groups (broad SMARTS) is 1.